The first kappa shape index (κ1) is 85.4. The maximum absolute atomic E-state index is 12.4. The minimum atomic E-state index is -0.715. The molecule has 0 fully saturated rings. The topological polar surface area (TPSA) is 181 Å². The molecule has 1 aromatic carbocycles. The number of rotatable bonds is 15. The molecule has 0 bridgehead atoms. The first-order valence-corrected chi connectivity index (χ1v) is 27.6. The first-order valence-electron chi connectivity index (χ1n) is 24.0. The van der Waals surface area contributed by atoms with E-state index in [4.69, 9.17) is 66.1 Å². The van der Waals surface area contributed by atoms with Crippen LogP contribution in [-0.4, -0.2) is 106 Å². The third-order valence-electron chi connectivity index (χ3n) is 10.3. The summed E-state index contributed by atoms with van der Waals surface area (Å²) in [6.07, 6.45) is 3.63. The van der Waals surface area contributed by atoms with Crippen LogP contribution in [0.25, 0.3) is 16.0 Å². The van der Waals surface area contributed by atoms with Gasteiger partial charge in [0.25, 0.3) is 0 Å². The molecule has 6 heterocycles. The summed E-state index contributed by atoms with van der Waals surface area (Å²) >= 11 is 31.0. The molecule has 0 aliphatic carbocycles. The Bertz CT molecular complexity index is 3260. The maximum atomic E-state index is 12.4. The number of aliphatic hydroxyl groups excluding tert-OH is 1. The molecule has 29 heteroatoms. The summed E-state index contributed by atoms with van der Waals surface area (Å²) in [6.45, 7) is 14.4. The molecule has 7 aromatic rings. The van der Waals surface area contributed by atoms with Crippen molar-refractivity contribution in [3.05, 3.63) is 200 Å². The van der Waals surface area contributed by atoms with Gasteiger partial charge in [-0.3, -0.25) is 9.97 Å². The van der Waals surface area contributed by atoms with Gasteiger partial charge >= 0.3 is 45.2 Å². The molecule has 6 aromatic heterocycles. The molecule has 0 unspecified atom stereocenters. The molecule has 85 heavy (non-hydrogen) atoms. The smallest absolute Gasteiger partial charge is 0.497 e. The Kier molecular flexibility index (Phi) is 47.5. The second-order valence-electron chi connectivity index (χ2n) is 16.1. The van der Waals surface area contributed by atoms with E-state index in [-0.39, 0.29) is 120 Å². The molecule has 0 spiro atoms. The predicted octanol–water partition coefficient (Wildman–Crippen LogP) is 11.1. The second-order valence-corrected chi connectivity index (χ2v) is 19.6. The van der Waals surface area contributed by atoms with E-state index in [0.29, 0.717) is 42.5 Å². The predicted molar refractivity (Wildman–Crippen MR) is 330 cm³/mol. The van der Waals surface area contributed by atoms with E-state index < -0.39 is 31.1 Å². The third-order valence-corrected chi connectivity index (χ3v) is 12.1. The summed E-state index contributed by atoms with van der Waals surface area (Å²) in [4.78, 5) is 60.2. The van der Waals surface area contributed by atoms with Crippen molar-refractivity contribution in [1.82, 2.24) is 29.9 Å². The average Bonchev–Trinajstić information content (AvgIpc) is 3.50. The van der Waals surface area contributed by atoms with Gasteiger partial charge in [-0.25, -0.2) is 47.5 Å². The van der Waals surface area contributed by atoms with Crippen LogP contribution in [0.3, 0.4) is 0 Å². The van der Waals surface area contributed by atoms with Gasteiger partial charge in [0.15, 0.2) is 5.69 Å². The number of thiocarbonyl (C=S) groups is 3. The van der Waals surface area contributed by atoms with E-state index in [1.165, 1.54) is 36.9 Å². The van der Waals surface area contributed by atoms with E-state index in [1.807, 2.05) is 44.2 Å². The van der Waals surface area contributed by atoms with Gasteiger partial charge in [0.2, 0.25) is 5.05 Å². The van der Waals surface area contributed by atoms with E-state index in [9.17, 15) is 27.6 Å². The van der Waals surface area contributed by atoms with Gasteiger partial charge in [0, 0.05) is 115 Å². The van der Waals surface area contributed by atoms with Crippen LogP contribution in [-0.2, 0) is 165 Å². The molecular weight excluding hydrogens is 1950 g/mol. The molecule has 6 radical (unpaired) electrons. The minimum absolute atomic E-state index is 0. The van der Waals surface area contributed by atoms with Gasteiger partial charge in [-0.05, 0) is 116 Å². The number of alkyl halides is 3. The summed E-state index contributed by atoms with van der Waals surface area (Å²) in [7, 11) is 1.45. The zero-order valence-electron chi connectivity index (χ0n) is 46.2. The van der Waals surface area contributed by atoms with Crippen molar-refractivity contribution in [2.75, 3.05) is 7.11 Å². The number of carbonyl (C=O) groups excluding carboxylic acids is 3. The number of aryl methyl sites for hydroxylation is 5. The SMILES string of the molecule is CCCc1cc(-c2ccccc2)cc(C(=S)[S-])n1.CCc1cccc(C(=O)[O][AlH])n1.COc1cc(CF)nc(C(O)=S)c1.Cc1cc(C)c(C(=O)[S-])nc1CF.O=C([O][AlH])c1cccc(CF)n1.[C-]#[N+]c1cc(CC)nc(C(=S)[S-])c1.[Ir].[Ir].[Ir].[Ir]. The number of nitrogens with zero attached hydrogens (tertiary/aromatic N) is 7. The van der Waals surface area contributed by atoms with E-state index in [1.54, 1.807) is 50.2 Å². The van der Waals surface area contributed by atoms with Gasteiger partial charge in [0.1, 0.15) is 42.9 Å². The molecule has 0 saturated heterocycles. The van der Waals surface area contributed by atoms with Gasteiger partial charge in [-0.2, -0.15) is 0 Å². The van der Waals surface area contributed by atoms with Crippen molar-refractivity contribution in [1.29, 1.82) is 0 Å². The van der Waals surface area contributed by atoms with Crippen molar-refractivity contribution < 1.29 is 125 Å². The van der Waals surface area contributed by atoms with Gasteiger partial charge < -0.3 is 84.5 Å². The van der Waals surface area contributed by atoms with Crippen LogP contribution in [0.5, 0.6) is 5.75 Å². The Morgan fingerprint density at radius 1 is 0.576 bits per heavy atom. The number of hydrogen-bond acceptors (Lipinski definition) is 18. The standard InChI is InChI=1S/C15H15NS2.C9H10FNOS.C9H8N2S2.C8H8FNO2S.C8H9NO2.C7H6FNO2.2Al.4Ir.2H/c1-2-6-13-9-12(10-14(16-13)15(17)18)11-7-4-3-5-8-11;1-5-3-6(2)8(9(12)13)11-7(5)4-10;1-3-6-4-7(10-2)5-8(11-6)9(12)13;1-12-6-2-5(4-9)10-7(3-6)8(11)13;1-2-6-4-3-5-7(9-6)8(10)11;8-4-5-2-1-3-6(9-5)7(10)11;;;;;;;;/h3-5,7-10H,2,6H2,1H3,(H,17,18);3H,4H2,1-2H3,(H,12,13);4-5H,3H2,1H3,(H,12,13);2-3H,4H2,1H3,(H,11,13);3-5H,2H2,1H3,(H,10,11);1-3H,4H2,(H,10,11);;;;;;;;/q;;;;;;2*+1;;;;;;/p-5. The number of methoxy groups -OCH3 is 1. The van der Waals surface area contributed by atoms with Gasteiger partial charge in [-0.15, -0.1) is 8.39 Å². The molecular formula is C56H53Al2F3Ir4N7O7S6-3. The van der Waals surface area contributed by atoms with Crippen molar-refractivity contribution in [2.24, 2.45) is 0 Å². The Labute approximate surface area is 597 Å². The fourth-order valence-corrected chi connectivity index (χ4v) is 7.41. The molecule has 14 nitrogen and oxygen atoms in total. The summed E-state index contributed by atoms with van der Waals surface area (Å²) in [5, 5.41) is 8.05. The fraction of sp³-hybridized carbons (Fsp3) is 0.232. The van der Waals surface area contributed by atoms with Crippen LogP contribution in [0.1, 0.15) is 121 Å². The summed E-state index contributed by atoms with van der Waals surface area (Å²) in [6, 6.07) is 32.2. The van der Waals surface area contributed by atoms with Crippen LogP contribution in [0.2, 0.25) is 0 Å². The van der Waals surface area contributed by atoms with Crippen LogP contribution in [0.4, 0.5) is 18.9 Å². The van der Waals surface area contributed by atoms with Crippen molar-refractivity contribution >= 4 is 144 Å². The van der Waals surface area contributed by atoms with E-state index >= 15 is 0 Å². The molecule has 0 saturated carbocycles. The number of pyridine rings is 6. The Morgan fingerprint density at radius 3 is 1.54 bits per heavy atom. The van der Waals surface area contributed by atoms with Crippen LogP contribution >= 0.6 is 36.7 Å². The normalized spacial score (nSPS) is 9.27. The summed E-state index contributed by atoms with van der Waals surface area (Å²) < 4.78 is 51.3. The Balaban J connectivity index is -0.000000946. The minimum Gasteiger partial charge on any atom is -0.735 e. The van der Waals surface area contributed by atoms with Crippen LogP contribution in [0, 0.1) is 20.4 Å². The zero-order chi connectivity index (χ0) is 60.6. The number of halogens is 3. The third kappa shape index (κ3) is 31.3. The number of ether oxygens (including phenoxy) is 1. The zero-order valence-corrected chi connectivity index (χ0v) is 63.5. The Morgan fingerprint density at radius 2 is 1.08 bits per heavy atom. The largest absolute Gasteiger partial charge is 0.735 e. The summed E-state index contributed by atoms with van der Waals surface area (Å²) in [5.41, 5.74) is 10.0. The van der Waals surface area contributed by atoms with Crippen LogP contribution in [0.15, 0.2) is 109 Å². The molecule has 0 amide bonds. The molecule has 456 valence electrons. The molecule has 7 rings (SSSR count). The number of hydrogen-bond donors (Lipinski definition) is 1. The monoisotopic (exact) mass is 2010 g/mol. The molecule has 0 atom stereocenters. The second kappa shape index (κ2) is 47.2. The Hall–Kier alpha value is -3.80. The van der Waals surface area contributed by atoms with Crippen molar-refractivity contribution in [3.63, 3.8) is 0 Å². The van der Waals surface area contributed by atoms with E-state index in [0.717, 1.165) is 92.8 Å². The van der Waals surface area contributed by atoms with E-state index in [2.05, 4.69) is 92.3 Å². The van der Waals surface area contributed by atoms with Gasteiger partial charge in [0.05, 0.1) is 47.3 Å². The van der Waals surface area contributed by atoms with Crippen molar-refractivity contribution in [2.45, 2.75) is 80.3 Å². The number of benzene rings is 1. The average molecular weight is 2010 g/mol. The van der Waals surface area contributed by atoms with Crippen LogP contribution < -0.4 is 4.74 Å². The number of aliphatic hydroxyl groups is 1. The molecule has 1 N–H and O–H groups in total. The van der Waals surface area contributed by atoms with Gasteiger partial charge in [-0.1, -0.05) is 75.7 Å². The first-order chi connectivity index (χ1) is 38.6. The van der Waals surface area contributed by atoms with Crippen molar-refractivity contribution in [3.8, 4) is 16.9 Å². The quantitative estimate of drug-likeness (QED) is 0.0443. The fourth-order valence-electron chi connectivity index (χ4n) is 6.39. The number of carbonyl (C=O) groups is 3. The summed E-state index contributed by atoms with van der Waals surface area (Å²) in [5.74, 6) is -0.485. The maximum Gasteiger partial charge on any atom is 0.497 e. The molecule has 0 aliphatic heterocycles. The number of aromatic nitrogens is 6. The molecule has 0 aliphatic rings.